The number of amides is 1. The van der Waals surface area contributed by atoms with Gasteiger partial charge in [-0.2, -0.15) is 0 Å². The van der Waals surface area contributed by atoms with Gasteiger partial charge in [0, 0.05) is 13.1 Å². The molecule has 1 saturated heterocycles. The molecule has 0 bridgehead atoms. The molecule has 1 aliphatic rings. The molecule has 0 spiro atoms. The molecule has 0 unspecified atom stereocenters. The maximum Gasteiger partial charge on any atom is 0.259 e. The Morgan fingerprint density at radius 2 is 2.12 bits per heavy atom. The summed E-state index contributed by atoms with van der Waals surface area (Å²) < 4.78 is 12.4. The van der Waals surface area contributed by atoms with E-state index in [-0.39, 0.29) is 11.9 Å². The molecule has 1 aliphatic heterocycles. The Kier molecular flexibility index (Phi) is 3.93. The zero-order chi connectivity index (χ0) is 17.2. The summed E-state index contributed by atoms with van der Waals surface area (Å²) in [5, 5.41) is 11.9. The molecule has 8 nitrogen and oxygen atoms in total. The number of rotatable bonds is 5. The topological polar surface area (TPSA) is 86.3 Å². The fourth-order valence-electron chi connectivity index (χ4n) is 2.69. The van der Waals surface area contributed by atoms with E-state index in [4.69, 9.17) is 9.26 Å². The van der Waals surface area contributed by atoms with Gasteiger partial charge in [-0.15, -0.1) is 5.10 Å². The Morgan fingerprint density at radius 1 is 1.32 bits per heavy atom. The Balaban J connectivity index is 1.32. The van der Waals surface area contributed by atoms with Crippen LogP contribution >= 0.6 is 0 Å². The molecule has 3 heterocycles. The summed E-state index contributed by atoms with van der Waals surface area (Å²) >= 11 is 0. The molecule has 0 N–H and O–H groups in total. The van der Waals surface area contributed by atoms with Gasteiger partial charge in [-0.05, 0) is 19.1 Å². The zero-order valence-electron chi connectivity index (χ0n) is 13.7. The second-order valence-corrected chi connectivity index (χ2v) is 5.95. The van der Waals surface area contributed by atoms with Crippen LogP contribution in [0.15, 0.2) is 47.2 Å². The minimum Gasteiger partial charge on any atom is -0.487 e. The van der Waals surface area contributed by atoms with Crippen LogP contribution in [0.2, 0.25) is 0 Å². The van der Waals surface area contributed by atoms with Crippen molar-refractivity contribution in [2.45, 2.75) is 19.6 Å². The molecule has 1 aromatic carbocycles. The molecule has 25 heavy (non-hydrogen) atoms. The van der Waals surface area contributed by atoms with Crippen molar-refractivity contribution < 1.29 is 14.1 Å². The summed E-state index contributed by atoms with van der Waals surface area (Å²) in [7, 11) is 0. The molecule has 8 heteroatoms. The summed E-state index contributed by atoms with van der Waals surface area (Å²) in [4.78, 5) is 14.1. The highest BCUT2D eigenvalue weighted by Crippen LogP contribution is 2.23. The Hall–Kier alpha value is -3.16. The number of likely N-dealkylation sites (tertiary alicyclic amines) is 1. The quantitative estimate of drug-likeness (QED) is 0.705. The SMILES string of the molecule is Cc1oncc1C(=O)N1CC(n2cc(COc3ccccc3)nn2)C1. The van der Waals surface area contributed by atoms with Crippen LogP contribution in [0, 0.1) is 6.92 Å². The van der Waals surface area contributed by atoms with Gasteiger partial charge < -0.3 is 14.2 Å². The van der Waals surface area contributed by atoms with Crippen LogP contribution in [0.1, 0.15) is 27.9 Å². The highest BCUT2D eigenvalue weighted by molar-refractivity contribution is 5.95. The van der Waals surface area contributed by atoms with E-state index in [1.807, 2.05) is 36.5 Å². The maximum absolute atomic E-state index is 12.3. The average molecular weight is 339 g/mol. The number of carbonyl (C=O) groups is 1. The van der Waals surface area contributed by atoms with Gasteiger partial charge in [-0.3, -0.25) is 4.79 Å². The van der Waals surface area contributed by atoms with Crippen LogP contribution in [0.4, 0.5) is 0 Å². The van der Waals surface area contributed by atoms with Crippen LogP contribution in [-0.4, -0.2) is 44.0 Å². The van der Waals surface area contributed by atoms with Crippen LogP contribution in [0.25, 0.3) is 0 Å². The third-order valence-corrected chi connectivity index (χ3v) is 4.19. The first kappa shape index (κ1) is 15.4. The summed E-state index contributed by atoms with van der Waals surface area (Å²) in [6, 6.07) is 9.70. The van der Waals surface area contributed by atoms with Crippen molar-refractivity contribution in [2.75, 3.05) is 13.1 Å². The number of benzene rings is 1. The van der Waals surface area contributed by atoms with Gasteiger partial charge in [0.1, 0.15) is 29.4 Å². The van der Waals surface area contributed by atoms with Gasteiger partial charge in [0.05, 0.1) is 18.4 Å². The zero-order valence-corrected chi connectivity index (χ0v) is 13.7. The van der Waals surface area contributed by atoms with Crippen LogP contribution in [0.5, 0.6) is 5.75 Å². The second-order valence-electron chi connectivity index (χ2n) is 5.95. The molecule has 128 valence electrons. The molecule has 0 radical (unpaired) electrons. The summed E-state index contributed by atoms with van der Waals surface area (Å²) in [5.41, 5.74) is 1.26. The number of hydrogen-bond donors (Lipinski definition) is 0. The fraction of sp³-hybridized carbons (Fsp3) is 0.294. The fourth-order valence-corrected chi connectivity index (χ4v) is 2.69. The van der Waals surface area contributed by atoms with Crippen molar-refractivity contribution in [3.8, 4) is 5.75 Å². The molecular formula is C17H17N5O3. The summed E-state index contributed by atoms with van der Waals surface area (Å²) in [6.07, 6.45) is 3.32. The number of carbonyl (C=O) groups excluding carboxylic acids is 1. The predicted molar refractivity (Wildman–Crippen MR) is 87.0 cm³/mol. The number of para-hydroxylation sites is 1. The summed E-state index contributed by atoms with van der Waals surface area (Å²) in [5.74, 6) is 1.26. The largest absolute Gasteiger partial charge is 0.487 e. The van der Waals surface area contributed by atoms with Crippen LogP contribution < -0.4 is 4.74 Å². The number of aryl methyl sites for hydroxylation is 1. The first-order chi connectivity index (χ1) is 12.2. The van der Waals surface area contributed by atoms with Crippen LogP contribution in [-0.2, 0) is 6.61 Å². The molecule has 0 saturated carbocycles. The normalized spacial score (nSPS) is 14.4. The van der Waals surface area contributed by atoms with E-state index in [0.717, 1.165) is 11.4 Å². The van der Waals surface area contributed by atoms with Crippen molar-refractivity contribution in [2.24, 2.45) is 0 Å². The monoisotopic (exact) mass is 339 g/mol. The highest BCUT2D eigenvalue weighted by Gasteiger charge is 2.34. The van der Waals surface area contributed by atoms with E-state index in [9.17, 15) is 4.79 Å². The minimum atomic E-state index is -0.0669. The van der Waals surface area contributed by atoms with E-state index < -0.39 is 0 Å². The molecule has 2 aromatic heterocycles. The lowest BCUT2D eigenvalue weighted by molar-refractivity contribution is 0.0496. The Bertz CT molecular complexity index is 867. The predicted octanol–water partition coefficient (Wildman–Crippen LogP) is 1.85. The van der Waals surface area contributed by atoms with Crippen molar-refractivity contribution >= 4 is 5.91 Å². The van der Waals surface area contributed by atoms with Crippen molar-refractivity contribution in [1.82, 2.24) is 25.1 Å². The highest BCUT2D eigenvalue weighted by atomic mass is 16.5. The van der Waals surface area contributed by atoms with Crippen LogP contribution in [0.3, 0.4) is 0 Å². The Morgan fingerprint density at radius 3 is 2.84 bits per heavy atom. The van der Waals surface area contributed by atoms with E-state index >= 15 is 0 Å². The lowest BCUT2D eigenvalue weighted by Crippen LogP contribution is -2.51. The third-order valence-electron chi connectivity index (χ3n) is 4.19. The number of hydrogen-bond acceptors (Lipinski definition) is 6. The van der Waals surface area contributed by atoms with Gasteiger partial charge in [-0.25, -0.2) is 4.68 Å². The molecule has 0 aliphatic carbocycles. The second kappa shape index (κ2) is 6.39. The minimum absolute atomic E-state index is 0.0669. The summed E-state index contributed by atoms with van der Waals surface area (Å²) in [6.45, 7) is 3.27. The molecular weight excluding hydrogens is 322 g/mol. The number of aromatic nitrogens is 4. The van der Waals surface area contributed by atoms with E-state index in [0.29, 0.717) is 31.0 Å². The van der Waals surface area contributed by atoms with Gasteiger partial charge >= 0.3 is 0 Å². The molecule has 1 amide bonds. The first-order valence-electron chi connectivity index (χ1n) is 8.00. The van der Waals surface area contributed by atoms with Crippen molar-refractivity contribution in [1.29, 1.82) is 0 Å². The molecule has 4 rings (SSSR count). The van der Waals surface area contributed by atoms with Gasteiger partial charge in [-0.1, -0.05) is 28.6 Å². The maximum atomic E-state index is 12.3. The average Bonchev–Trinajstić information content (AvgIpc) is 3.21. The lowest BCUT2D eigenvalue weighted by atomic mass is 10.1. The molecule has 0 atom stereocenters. The standard InChI is InChI=1S/C17H17N5O3/c1-12-16(7-18-25-12)17(23)21-9-14(10-21)22-8-13(19-20-22)11-24-15-5-3-2-4-6-15/h2-8,14H,9-11H2,1H3. The van der Waals surface area contributed by atoms with Gasteiger partial charge in [0.15, 0.2) is 0 Å². The molecule has 1 fully saturated rings. The van der Waals surface area contributed by atoms with E-state index in [1.165, 1.54) is 6.20 Å². The number of ether oxygens (including phenoxy) is 1. The molecule has 3 aromatic rings. The lowest BCUT2D eigenvalue weighted by Gasteiger charge is -2.38. The van der Waals surface area contributed by atoms with E-state index in [1.54, 1.807) is 16.5 Å². The third kappa shape index (κ3) is 3.10. The van der Waals surface area contributed by atoms with Crippen molar-refractivity contribution in [3.05, 3.63) is 59.7 Å². The van der Waals surface area contributed by atoms with Gasteiger partial charge in [0.2, 0.25) is 0 Å². The Labute approximate surface area is 144 Å². The van der Waals surface area contributed by atoms with Gasteiger partial charge in [0.25, 0.3) is 5.91 Å². The first-order valence-corrected chi connectivity index (χ1v) is 8.00. The van der Waals surface area contributed by atoms with E-state index in [2.05, 4.69) is 15.5 Å². The number of nitrogens with zero attached hydrogens (tertiary/aromatic N) is 5. The van der Waals surface area contributed by atoms with Crippen molar-refractivity contribution in [3.63, 3.8) is 0 Å². The smallest absolute Gasteiger partial charge is 0.259 e.